The van der Waals surface area contributed by atoms with E-state index in [9.17, 15) is 0 Å². The van der Waals surface area contributed by atoms with Gasteiger partial charge in [-0.3, -0.25) is 4.68 Å². The molecule has 0 radical (unpaired) electrons. The highest BCUT2D eigenvalue weighted by Crippen LogP contribution is 2.52. The molecule has 2 aliphatic carbocycles. The van der Waals surface area contributed by atoms with Crippen molar-refractivity contribution in [2.75, 3.05) is 7.05 Å². The van der Waals surface area contributed by atoms with Crippen molar-refractivity contribution in [3.63, 3.8) is 0 Å². The summed E-state index contributed by atoms with van der Waals surface area (Å²) in [7, 11) is 4.05. The van der Waals surface area contributed by atoms with Crippen LogP contribution in [0.5, 0.6) is 0 Å². The molecular weight excluding hydrogens is 200 g/mol. The van der Waals surface area contributed by atoms with E-state index in [1.165, 1.54) is 31.4 Å². The highest BCUT2D eigenvalue weighted by molar-refractivity contribution is 5.08. The van der Waals surface area contributed by atoms with E-state index in [0.717, 1.165) is 17.8 Å². The summed E-state index contributed by atoms with van der Waals surface area (Å²) >= 11 is 0. The van der Waals surface area contributed by atoms with Gasteiger partial charge in [0.2, 0.25) is 0 Å². The lowest BCUT2D eigenvalue weighted by Crippen LogP contribution is -2.30. The van der Waals surface area contributed by atoms with Gasteiger partial charge >= 0.3 is 0 Å². The van der Waals surface area contributed by atoms with Crippen LogP contribution in [-0.4, -0.2) is 22.0 Å². The third-order valence-corrected chi connectivity index (χ3v) is 4.60. The molecule has 2 fully saturated rings. The zero-order valence-corrected chi connectivity index (χ0v) is 10.1. The first-order chi connectivity index (χ1) is 7.79. The zero-order valence-electron chi connectivity index (χ0n) is 10.1. The summed E-state index contributed by atoms with van der Waals surface area (Å²) in [6.07, 6.45) is 7.64. The summed E-state index contributed by atoms with van der Waals surface area (Å²) in [6.45, 7) is 0. The van der Waals surface area contributed by atoms with E-state index in [0.29, 0.717) is 6.04 Å². The molecule has 2 aliphatic rings. The average Bonchev–Trinajstić information content (AvgIpc) is 2.97. The summed E-state index contributed by atoms with van der Waals surface area (Å²) in [5.74, 6) is 2.71. The Bertz CT molecular complexity index is 373. The van der Waals surface area contributed by atoms with Crippen LogP contribution in [0.15, 0.2) is 6.20 Å². The van der Waals surface area contributed by atoms with Crippen molar-refractivity contribution in [3.05, 3.63) is 11.9 Å². The minimum Gasteiger partial charge on any atom is -0.311 e. The fourth-order valence-electron chi connectivity index (χ4n) is 3.86. The van der Waals surface area contributed by atoms with Crippen LogP contribution in [0, 0.1) is 17.8 Å². The van der Waals surface area contributed by atoms with Crippen LogP contribution >= 0.6 is 0 Å². The van der Waals surface area contributed by atoms with Crippen molar-refractivity contribution in [1.29, 1.82) is 0 Å². The second kappa shape index (κ2) is 3.84. The Morgan fingerprint density at radius 2 is 2.31 bits per heavy atom. The van der Waals surface area contributed by atoms with E-state index in [2.05, 4.69) is 22.7 Å². The lowest BCUT2D eigenvalue weighted by molar-refractivity contribution is 0.251. The molecule has 2 saturated carbocycles. The lowest BCUT2D eigenvalue weighted by atomic mass is 9.82. The Morgan fingerprint density at radius 1 is 1.44 bits per heavy atom. The first-order valence-corrected chi connectivity index (χ1v) is 6.31. The van der Waals surface area contributed by atoms with Gasteiger partial charge in [0.1, 0.15) is 0 Å². The van der Waals surface area contributed by atoms with Crippen molar-refractivity contribution in [2.45, 2.75) is 31.7 Å². The summed E-state index contributed by atoms with van der Waals surface area (Å²) in [4.78, 5) is 0. The molecule has 4 atom stereocenters. The van der Waals surface area contributed by atoms with Crippen molar-refractivity contribution in [3.8, 4) is 0 Å². The van der Waals surface area contributed by atoms with Crippen molar-refractivity contribution < 1.29 is 0 Å². The van der Waals surface area contributed by atoms with E-state index in [1.54, 1.807) is 0 Å². The van der Waals surface area contributed by atoms with Gasteiger partial charge in [-0.1, -0.05) is 11.6 Å². The smallest absolute Gasteiger partial charge is 0.0756 e. The minimum atomic E-state index is 0.440. The van der Waals surface area contributed by atoms with Crippen LogP contribution in [-0.2, 0) is 7.05 Å². The van der Waals surface area contributed by atoms with E-state index in [-0.39, 0.29) is 0 Å². The summed E-state index contributed by atoms with van der Waals surface area (Å²) in [5, 5.41) is 11.5. The molecule has 1 aromatic rings. The number of aryl methyl sites for hydroxylation is 1. The molecule has 0 aliphatic heterocycles. The van der Waals surface area contributed by atoms with Gasteiger partial charge in [0.15, 0.2) is 0 Å². The number of aromatic nitrogens is 3. The Hall–Kier alpha value is -0.900. The van der Waals surface area contributed by atoms with Crippen LogP contribution < -0.4 is 5.32 Å². The van der Waals surface area contributed by atoms with E-state index >= 15 is 0 Å². The van der Waals surface area contributed by atoms with Crippen LogP contribution in [0.3, 0.4) is 0 Å². The Labute approximate surface area is 96.4 Å². The average molecular weight is 220 g/mol. The first kappa shape index (κ1) is 10.3. The van der Waals surface area contributed by atoms with Crippen LogP contribution in [0.25, 0.3) is 0 Å². The van der Waals surface area contributed by atoms with Crippen LogP contribution in [0.2, 0.25) is 0 Å². The number of nitrogens with one attached hydrogen (secondary N) is 1. The van der Waals surface area contributed by atoms with Gasteiger partial charge < -0.3 is 5.32 Å². The molecule has 0 aromatic carbocycles. The zero-order chi connectivity index (χ0) is 11.1. The molecule has 1 aromatic heterocycles. The van der Waals surface area contributed by atoms with Crippen molar-refractivity contribution in [2.24, 2.45) is 24.8 Å². The van der Waals surface area contributed by atoms with Gasteiger partial charge in [0, 0.05) is 7.05 Å². The highest BCUT2D eigenvalue weighted by Gasteiger charge is 2.43. The largest absolute Gasteiger partial charge is 0.311 e. The number of fused-ring (bicyclic) bond motifs is 2. The summed E-state index contributed by atoms with van der Waals surface area (Å²) < 4.78 is 1.91. The molecule has 0 saturated heterocycles. The molecule has 1 heterocycles. The minimum absolute atomic E-state index is 0.440. The maximum absolute atomic E-state index is 4.05. The van der Waals surface area contributed by atoms with Crippen molar-refractivity contribution >= 4 is 0 Å². The number of hydrogen-bond donors (Lipinski definition) is 1. The molecular formula is C12H20N4. The topological polar surface area (TPSA) is 42.7 Å². The number of rotatable bonds is 3. The van der Waals surface area contributed by atoms with E-state index < -0.39 is 0 Å². The molecule has 1 N–H and O–H groups in total. The predicted octanol–water partition coefficient (Wildman–Crippen LogP) is 1.51. The molecule has 0 amide bonds. The monoisotopic (exact) mass is 220 g/mol. The normalized spacial score (nSPS) is 34.5. The third-order valence-electron chi connectivity index (χ3n) is 4.60. The Morgan fingerprint density at radius 3 is 2.81 bits per heavy atom. The van der Waals surface area contributed by atoms with E-state index in [1.807, 2.05) is 17.9 Å². The third kappa shape index (κ3) is 1.47. The van der Waals surface area contributed by atoms with Crippen LogP contribution in [0.4, 0.5) is 0 Å². The molecule has 2 bridgehead atoms. The second-order valence-corrected chi connectivity index (χ2v) is 5.39. The lowest BCUT2D eigenvalue weighted by Gasteiger charge is -2.29. The van der Waals surface area contributed by atoms with Gasteiger partial charge in [-0.05, 0) is 44.1 Å². The maximum Gasteiger partial charge on any atom is 0.0756 e. The highest BCUT2D eigenvalue weighted by atomic mass is 15.4. The van der Waals surface area contributed by atoms with Gasteiger partial charge in [-0.15, -0.1) is 5.10 Å². The molecule has 16 heavy (non-hydrogen) atoms. The van der Waals surface area contributed by atoms with Gasteiger partial charge in [0.05, 0.1) is 17.9 Å². The van der Waals surface area contributed by atoms with E-state index in [4.69, 9.17) is 0 Å². The quantitative estimate of drug-likeness (QED) is 0.839. The van der Waals surface area contributed by atoms with Gasteiger partial charge in [-0.25, -0.2) is 0 Å². The molecule has 0 spiro atoms. The molecule has 3 rings (SSSR count). The van der Waals surface area contributed by atoms with Crippen molar-refractivity contribution in [1.82, 2.24) is 20.3 Å². The Kier molecular flexibility index (Phi) is 2.46. The van der Waals surface area contributed by atoms with Crippen LogP contribution in [0.1, 0.15) is 37.4 Å². The fraction of sp³-hybridized carbons (Fsp3) is 0.833. The second-order valence-electron chi connectivity index (χ2n) is 5.39. The summed E-state index contributed by atoms with van der Waals surface area (Å²) in [6, 6.07) is 0.440. The molecule has 4 heteroatoms. The predicted molar refractivity (Wildman–Crippen MR) is 61.7 cm³/mol. The number of hydrogen-bond acceptors (Lipinski definition) is 3. The van der Waals surface area contributed by atoms with Gasteiger partial charge in [0.25, 0.3) is 0 Å². The standard InChI is InChI=1S/C12H20N4/c1-13-12(11-7-14-15-16(11)2)10-6-8-3-4-9(10)5-8/h7-10,12-13H,3-6H2,1-2H3. The fourth-order valence-corrected chi connectivity index (χ4v) is 3.86. The molecule has 4 nitrogen and oxygen atoms in total. The number of nitrogens with zero attached hydrogens (tertiary/aromatic N) is 3. The molecule has 88 valence electrons. The molecule has 4 unspecified atom stereocenters. The first-order valence-electron chi connectivity index (χ1n) is 6.31. The van der Waals surface area contributed by atoms with Gasteiger partial charge in [-0.2, -0.15) is 0 Å². The Balaban J connectivity index is 1.84. The summed E-state index contributed by atoms with van der Waals surface area (Å²) in [5.41, 5.74) is 1.24. The SMILES string of the molecule is CNC(c1cnnn1C)C1CC2CCC1C2. The maximum atomic E-state index is 4.05.